The Hall–Kier alpha value is -2.74. The highest BCUT2D eigenvalue weighted by Crippen LogP contribution is 2.33. The van der Waals surface area contributed by atoms with Gasteiger partial charge in [-0.25, -0.2) is 14.4 Å². The minimum Gasteiger partial charge on any atom is -0.389 e. The molecule has 0 saturated carbocycles. The van der Waals surface area contributed by atoms with Gasteiger partial charge in [-0.05, 0) is 78.1 Å². The summed E-state index contributed by atoms with van der Waals surface area (Å²) in [4.78, 5) is 12.1. The summed E-state index contributed by atoms with van der Waals surface area (Å²) < 4.78 is 20.6. The van der Waals surface area contributed by atoms with E-state index in [1.807, 2.05) is 43.5 Å². The van der Waals surface area contributed by atoms with Crippen LogP contribution < -0.4 is 4.90 Å². The Bertz CT molecular complexity index is 1240. The number of aromatic nitrogens is 2. The van der Waals surface area contributed by atoms with Gasteiger partial charge in [-0.15, -0.1) is 11.8 Å². The van der Waals surface area contributed by atoms with E-state index in [9.17, 15) is 5.11 Å². The van der Waals surface area contributed by atoms with Crippen LogP contribution in [0.1, 0.15) is 25.0 Å². The standard InChI is InChI=1S/C27H30FN3O2S/c1-17-11-25(28)24(13-21(17)12-19(3)34-15-18(2)20(4)32)27-23-6-5-22(14-26(23)29-16-30-27)31-7-9-33-10-8-31/h5-6,11,13-16,20,32H,3,7-10,12H2,1-2,4H3/b18-15+. The summed E-state index contributed by atoms with van der Waals surface area (Å²) in [6.07, 6.45) is 1.60. The first kappa shape index (κ1) is 24.4. The molecule has 3 aromatic rings. The van der Waals surface area contributed by atoms with Gasteiger partial charge in [0.15, 0.2) is 0 Å². The highest BCUT2D eigenvalue weighted by atomic mass is 32.2. The topological polar surface area (TPSA) is 58.5 Å². The average Bonchev–Trinajstić information content (AvgIpc) is 2.84. The van der Waals surface area contributed by atoms with E-state index in [-0.39, 0.29) is 5.82 Å². The SMILES string of the molecule is C=C(Cc1cc(-c2ncnc3cc(N4CCOCC4)ccc23)c(F)cc1C)S/C=C(\C)C(C)O. The zero-order chi connectivity index (χ0) is 24.2. The van der Waals surface area contributed by atoms with E-state index in [0.717, 1.165) is 51.3 Å². The molecule has 1 fully saturated rings. The van der Waals surface area contributed by atoms with E-state index in [1.54, 1.807) is 13.0 Å². The van der Waals surface area contributed by atoms with Gasteiger partial charge < -0.3 is 14.7 Å². The number of allylic oxidation sites excluding steroid dienone is 1. The number of benzene rings is 2. The number of anilines is 1. The molecule has 0 amide bonds. The maximum atomic E-state index is 15.1. The molecule has 0 aliphatic carbocycles. The van der Waals surface area contributed by atoms with Gasteiger partial charge in [0.2, 0.25) is 0 Å². The first-order valence-electron chi connectivity index (χ1n) is 11.4. The molecule has 178 valence electrons. The summed E-state index contributed by atoms with van der Waals surface area (Å²) in [6, 6.07) is 9.50. The Kier molecular flexibility index (Phi) is 7.66. The summed E-state index contributed by atoms with van der Waals surface area (Å²) >= 11 is 1.49. The van der Waals surface area contributed by atoms with Crippen LogP contribution in [-0.4, -0.2) is 47.5 Å². The van der Waals surface area contributed by atoms with Crippen LogP contribution in [0, 0.1) is 12.7 Å². The molecule has 0 bridgehead atoms. The van der Waals surface area contributed by atoms with Crippen LogP contribution in [0.25, 0.3) is 22.2 Å². The number of aliphatic hydroxyl groups excluding tert-OH is 1. The number of thioether (sulfide) groups is 1. The van der Waals surface area contributed by atoms with Crippen molar-refractivity contribution in [2.24, 2.45) is 0 Å². The average molecular weight is 480 g/mol. The third-order valence-electron chi connectivity index (χ3n) is 6.14. The van der Waals surface area contributed by atoms with Crippen LogP contribution in [0.2, 0.25) is 0 Å². The van der Waals surface area contributed by atoms with Crippen molar-refractivity contribution in [1.82, 2.24) is 9.97 Å². The summed E-state index contributed by atoms with van der Waals surface area (Å²) in [5.41, 5.74) is 5.65. The highest BCUT2D eigenvalue weighted by molar-refractivity contribution is 8.05. The fourth-order valence-electron chi connectivity index (χ4n) is 3.90. The molecule has 1 aliphatic heterocycles. The van der Waals surface area contributed by atoms with Crippen molar-refractivity contribution >= 4 is 28.4 Å². The van der Waals surface area contributed by atoms with E-state index in [2.05, 4.69) is 21.4 Å². The van der Waals surface area contributed by atoms with E-state index in [0.29, 0.717) is 30.9 Å². The molecular weight excluding hydrogens is 449 g/mol. The third kappa shape index (κ3) is 5.49. The lowest BCUT2D eigenvalue weighted by atomic mass is 9.98. The van der Waals surface area contributed by atoms with E-state index >= 15 is 4.39 Å². The quantitative estimate of drug-likeness (QED) is 0.472. The first-order valence-corrected chi connectivity index (χ1v) is 12.3. The molecule has 34 heavy (non-hydrogen) atoms. The second-order valence-corrected chi connectivity index (χ2v) is 9.70. The minimum absolute atomic E-state index is 0.304. The van der Waals surface area contributed by atoms with Gasteiger partial charge in [0.05, 0.1) is 30.5 Å². The van der Waals surface area contributed by atoms with Gasteiger partial charge in [0.1, 0.15) is 12.1 Å². The molecule has 0 radical (unpaired) electrons. The van der Waals surface area contributed by atoms with Gasteiger partial charge in [0.25, 0.3) is 0 Å². The number of fused-ring (bicyclic) bond motifs is 1. The predicted molar refractivity (Wildman–Crippen MR) is 139 cm³/mol. The zero-order valence-electron chi connectivity index (χ0n) is 19.8. The van der Waals surface area contributed by atoms with Crippen molar-refractivity contribution in [3.63, 3.8) is 0 Å². The van der Waals surface area contributed by atoms with Gasteiger partial charge >= 0.3 is 0 Å². The second kappa shape index (κ2) is 10.7. The molecule has 0 spiro atoms. The number of aryl methyl sites for hydroxylation is 1. The zero-order valence-corrected chi connectivity index (χ0v) is 20.7. The van der Waals surface area contributed by atoms with Crippen molar-refractivity contribution in [1.29, 1.82) is 0 Å². The lowest BCUT2D eigenvalue weighted by Crippen LogP contribution is -2.36. The van der Waals surface area contributed by atoms with Crippen molar-refractivity contribution in [3.8, 4) is 11.3 Å². The number of morpholine rings is 1. The van der Waals surface area contributed by atoms with Crippen molar-refractivity contribution in [2.45, 2.75) is 33.3 Å². The number of nitrogens with zero attached hydrogens (tertiary/aromatic N) is 3. The van der Waals surface area contributed by atoms with Crippen LogP contribution in [0.4, 0.5) is 10.1 Å². The van der Waals surface area contributed by atoms with Gasteiger partial charge in [-0.2, -0.15) is 0 Å². The Labute approximate surface area is 204 Å². The summed E-state index contributed by atoms with van der Waals surface area (Å²) in [5.74, 6) is -0.304. The molecule has 1 aromatic heterocycles. The number of hydrogen-bond acceptors (Lipinski definition) is 6. The fourth-order valence-corrected chi connectivity index (χ4v) is 4.68. The third-order valence-corrected chi connectivity index (χ3v) is 7.10. The maximum absolute atomic E-state index is 15.1. The molecule has 7 heteroatoms. The predicted octanol–water partition coefficient (Wildman–Crippen LogP) is 5.65. The van der Waals surface area contributed by atoms with Gasteiger partial charge in [-0.1, -0.05) is 6.58 Å². The second-order valence-electron chi connectivity index (χ2n) is 8.65. The van der Waals surface area contributed by atoms with E-state index in [1.165, 1.54) is 18.1 Å². The Morgan fingerprint density at radius 3 is 2.76 bits per heavy atom. The molecule has 2 aromatic carbocycles. The monoisotopic (exact) mass is 479 g/mol. The minimum atomic E-state index is -0.491. The molecule has 5 nitrogen and oxygen atoms in total. The Morgan fingerprint density at radius 2 is 2.03 bits per heavy atom. The maximum Gasteiger partial charge on any atom is 0.132 e. The number of aliphatic hydroxyl groups is 1. The smallest absolute Gasteiger partial charge is 0.132 e. The van der Waals surface area contributed by atoms with Crippen LogP contribution in [0.5, 0.6) is 0 Å². The fraction of sp³-hybridized carbons (Fsp3) is 0.333. The van der Waals surface area contributed by atoms with Crippen LogP contribution in [-0.2, 0) is 11.2 Å². The molecule has 4 rings (SSSR count). The first-order chi connectivity index (χ1) is 16.3. The van der Waals surface area contributed by atoms with E-state index < -0.39 is 6.10 Å². The molecule has 1 saturated heterocycles. The van der Waals surface area contributed by atoms with Crippen LogP contribution in [0.3, 0.4) is 0 Å². The normalized spacial score (nSPS) is 15.6. The highest BCUT2D eigenvalue weighted by Gasteiger charge is 2.17. The van der Waals surface area contributed by atoms with E-state index in [4.69, 9.17) is 4.74 Å². The molecule has 1 unspecified atom stereocenters. The van der Waals surface area contributed by atoms with Crippen LogP contribution >= 0.6 is 11.8 Å². The van der Waals surface area contributed by atoms with Gasteiger partial charge in [-0.3, -0.25) is 0 Å². The largest absolute Gasteiger partial charge is 0.389 e. The molecule has 1 atom stereocenters. The Morgan fingerprint density at radius 1 is 1.26 bits per heavy atom. The molecule has 2 heterocycles. The lowest BCUT2D eigenvalue weighted by molar-refractivity contribution is 0.122. The number of hydrogen-bond donors (Lipinski definition) is 1. The molecular formula is C27H30FN3O2S. The molecule has 1 aliphatic rings. The summed E-state index contributed by atoms with van der Waals surface area (Å²) in [5, 5.41) is 12.4. The van der Waals surface area contributed by atoms with Crippen molar-refractivity contribution in [2.75, 3.05) is 31.2 Å². The van der Waals surface area contributed by atoms with Crippen LogP contribution in [0.15, 0.2) is 59.1 Å². The number of ether oxygens (including phenoxy) is 1. The summed E-state index contributed by atoms with van der Waals surface area (Å²) in [7, 11) is 0. The van der Waals surface area contributed by atoms with Crippen molar-refractivity contribution < 1.29 is 14.2 Å². The lowest BCUT2D eigenvalue weighted by Gasteiger charge is -2.29. The van der Waals surface area contributed by atoms with Crippen molar-refractivity contribution in [3.05, 3.63) is 76.1 Å². The number of rotatable bonds is 7. The summed E-state index contributed by atoms with van der Waals surface area (Å²) in [6.45, 7) is 12.8. The molecule has 1 N–H and O–H groups in total. The van der Waals surface area contributed by atoms with Gasteiger partial charge in [0, 0.05) is 36.1 Å². The number of halogens is 1. The Balaban J connectivity index is 1.65.